The van der Waals surface area contributed by atoms with E-state index in [9.17, 15) is 13.2 Å². The van der Waals surface area contributed by atoms with Gasteiger partial charge in [0.2, 0.25) is 0 Å². The van der Waals surface area contributed by atoms with Gasteiger partial charge in [-0.25, -0.2) is 5.73 Å². The van der Waals surface area contributed by atoms with Gasteiger partial charge in [0.15, 0.2) is 0 Å². The first-order valence-corrected chi connectivity index (χ1v) is 11.4. The van der Waals surface area contributed by atoms with Crippen LogP contribution in [0.3, 0.4) is 0 Å². The average Bonchev–Trinajstić information content (AvgIpc) is 2.75. The predicted octanol–water partition coefficient (Wildman–Crippen LogP) is 8.15. The third kappa shape index (κ3) is 9.61. The van der Waals surface area contributed by atoms with Crippen LogP contribution in [0.15, 0.2) is 48.5 Å². The molecule has 0 heterocycles. The van der Waals surface area contributed by atoms with Gasteiger partial charge in [-0.15, -0.1) is 0 Å². The quantitative estimate of drug-likeness (QED) is 0.255. The number of rotatable bonds is 11. The van der Waals surface area contributed by atoms with Crippen molar-refractivity contribution in [2.75, 3.05) is 0 Å². The molecule has 167 valence electrons. The maximum atomic E-state index is 12.7. The van der Waals surface area contributed by atoms with Gasteiger partial charge < -0.3 is 0 Å². The average molecular weight is 429 g/mol. The summed E-state index contributed by atoms with van der Waals surface area (Å²) in [5, 5.41) is 0. The van der Waals surface area contributed by atoms with Crippen molar-refractivity contribution < 1.29 is 13.2 Å². The third-order valence-electron chi connectivity index (χ3n) is 5.42. The van der Waals surface area contributed by atoms with Crippen LogP contribution < -0.4 is 5.73 Å². The molecule has 0 fully saturated rings. The molecule has 4 heteroatoms. The minimum absolute atomic E-state index is 0.456. The molecule has 1 atom stereocenters. The summed E-state index contributed by atoms with van der Waals surface area (Å²) in [7, 11) is 0. The monoisotopic (exact) mass is 428 g/mol. The number of unbranched alkanes of at least 4 members (excludes halogenated alkanes) is 8. The fourth-order valence-electron chi connectivity index (χ4n) is 3.49. The highest BCUT2D eigenvalue weighted by atomic mass is 19.4. The Morgan fingerprint density at radius 3 is 1.97 bits per heavy atom. The summed E-state index contributed by atoms with van der Waals surface area (Å²) in [6.45, 7) is 2.24. The standard InChI is InChI=1S/C27H33F3N/c1-2-3-4-5-6-7-8-9-10-11-12-22-13-15-23(16-14-22)21-26(31)24-17-19-25(20-18-24)27(28,29)30/h13-20,26,31H,2-10,21H2,1H3. The van der Waals surface area contributed by atoms with Crippen molar-refractivity contribution in [2.45, 2.75) is 83.4 Å². The van der Waals surface area contributed by atoms with E-state index in [0.29, 0.717) is 12.0 Å². The minimum atomic E-state index is -4.35. The maximum absolute atomic E-state index is 12.7. The molecular formula is C27H33F3N. The second-order valence-electron chi connectivity index (χ2n) is 8.10. The number of hydrogen-bond donors (Lipinski definition) is 0. The first-order chi connectivity index (χ1) is 14.9. The normalized spacial score (nSPS) is 12.3. The van der Waals surface area contributed by atoms with Crippen LogP contribution in [0.25, 0.3) is 0 Å². The van der Waals surface area contributed by atoms with Crippen molar-refractivity contribution in [1.29, 1.82) is 0 Å². The van der Waals surface area contributed by atoms with E-state index in [-0.39, 0.29) is 0 Å². The number of benzene rings is 2. The van der Waals surface area contributed by atoms with Crippen LogP contribution in [0.1, 0.15) is 93.0 Å². The van der Waals surface area contributed by atoms with Gasteiger partial charge in [0.25, 0.3) is 0 Å². The van der Waals surface area contributed by atoms with Gasteiger partial charge in [-0.3, -0.25) is 0 Å². The minimum Gasteiger partial charge on any atom is -0.249 e. The van der Waals surface area contributed by atoms with Crippen molar-refractivity contribution in [1.82, 2.24) is 5.73 Å². The maximum Gasteiger partial charge on any atom is 0.416 e. The van der Waals surface area contributed by atoms with Crippen LogP contribution in [0.4, 0.5) is 13.2 Å². The Morgan fingerprint density at radius 1 is 0.806 bits per heavy atom. The van der Waals surface area contributed by atoms with E-state index in [1.165, 1.54) is 57.1 Å². The van der Waals surface area contributed by atoms with Crippen molar-refractivity contribution >= 4 is 0 Å². The van der Waals surface area contributed by atoms with E-state index in [2.05, 4.69) is 18.8 Å². The van der Waals surface area contributed by atoms with E-state index in [4.69, 9.17) is 5.73 Å². The van der Waals surface area contributed by atoms with Crippen molar-refractivity contribution in [3.8, 4) is 11.8 Å². The summed E-state index contributed by atoms with van der Waals surface area (Å²) in [6.07, 6.45) is 7.40. The second-order valence-corrected chi connectivity index (χ2v) is 8.10. The molecule has 0 bridgehead atoms. The summed E-state index contributed by atoms with van der Waals surface area (Å²) in [5.41, 5.74) is 10.1. The SMILES string of the molecule is CCCCCCCCCCC#Cc1ccc(CC([NH])c2ccc(C(F)(F)F)cc2)cc1. The van der Waals surface area contributed by atoms with Gasteiger partial charge in [-0.2, -0.15) is 13.2 Å². The number of alkyl halides is 3. The molecule has 1 N–H and O–H groups in total. The zero-order chi connectivity index (χ0) is 22.5. The molecule has 1 unspecified atom stereocenters. The van der Waals surface area contributed by atoms with E-state index in [0.717, 1.165) is 36.1 Å². The first kappa shape index (κ1) is 25.0. The molecule has 2 rings (SSSR count). The van der Waals surface area contributed by atoms with Gasteiger partial charge in [0.1, 0.15) is 0 Å². The molecule has 0 aliphatic carbocycles. The summed E-state index contributed by atoms with van der Waals surface area (Å²) in [4.78, 5) is 0. The smallest absolute Gasteiger partial charge is 0.249 e. The van der Waals surface area contributed by atoms with Gasteiger partial charge in [0, 0.05) is 12.0 Å². The Balaban J connectivity index is 1.73. The number of hydrogen-bond acceptors (Lipinski definition) is 0. The largest absolute Gasteiger partial charge is 0.416 e. The highest BCUT2D eigenvalue weighted by Crippen LogP contribution is 2.30. The molecule has 0 amide bonds. The Hall–Kier alpha value is -2.25. The molecule has 0 aliphatic heterocycles. The molecule has 31 heavy (non-hydrogen) atoms. The summed E-state index contributed by atoms with van der Waals surface area (Å²) in [6, 6.07) is 12.1. The lowest BCUT2D eigenvalue weighted by Crippen LogP contribution is -2.07. The van der Waals surface area contributed by atoms with Crippen molar-refractivity contribution in [3.63, 3.8) is 0 Å². The lowest BCUT2D eigenvalue weighted by atomic mass is 9.98. The zero-order valence-corrected chi connectivity index (χ0v) is 18.4. The first-order valence-electron chi connectivity index (χ1n) is 11.4. The Bertz CT molecular complexity index is 811. The van der Waals surface area contributed by atoms with Crippen molar-refractivity contribution in [3.05, 3.63) is 70.8 Å². The fraction of sp³-hybridized carbons (Fsp3) is 0.481. The molecule has 2 aromatic rings. The van der Waals surface area contributed by atoms with Crippen LogP contribution >= 0.6 is 0 Å². The zero-order valence-electron chi connectivity index (χ0n) is 18.4. The molecular weight excluding hydrogens is 395 g/mol. The molecule has 0 saturated heterocycles. The molecule has 0 saturated carbocycles. The van der Waals surface area contributed by atoms with Gasteiger partial charge in [0.05, 0.1) is 11.6 Å². The molecule has 0 aliphatic rings. The highest BCUT2D eigenvalue weighted by molar-refractivity contribution is 5.37. The summed E-state index contributed by atoms with van der Waals surface area (Å²) in [5.74, 6) is 6.43. The van der Waals surface area contributed by atoms with E-state index < -0.39 is 17.8 Å². The van der Waals surface area contributed by atoms with Gasteiger partial charge in [-0.1, -0.05) is 88.0 Å². The molecule has 2 aromatic carbocycles. The third-order valence-corrected chi connectivity index (χ3v) is 5.42. The van der Waals surface area contributed by atoms with E-state index in [1.807, 2.05) is 24.3 Å². The number of nitrogens with one attached hydrogen (secondary N) is 1. The predicted molar refractivity (Wildman–Crippen MR) is 122 cm³/mol. The van der Waals surface area contributed by atoms with Crippen molar-refractivity contribution in [2.24, 2.45) is 0 Å². The lowest BCUT2D eigenvalue weighted by Gasteiger charge is -2.13. The van der Waals surface area contributed by atoms with Gasteiger partial charge in [-0.05, 0) is 48.2 Å². The van der Waals surface area contributed by atoms with Crippen LogP contribution in [-0.2, 0) is 12.6 Å². The van der Waals surface area contributed by atoms with E-state index in [1.54, 1.807) is 0 Å². The molecule has 0 spiro atoms. The molecule has 0 aromatic heterocycles. The van der Waals surface area contributed by atoms with Gasteiger partial charge >= 0.3 is 6.18 Å². The Morgan fingerprint density at radius 2 is 1.39 bits per heavy atom. The Labute approximate surface area is 185 Å². The number of halogens is 3. The topological polar surface area (TPSA) is 23.8 Å². The summed E-state index contributed by atoms with van der Waals surface area (Å²) < 4.78 is 38.0. The highest BCUT2D eigenvalue weighted by Gasteiger charge is 2.30. The van der Waals surface area contributed by atoms with E-state index >= 15 is 0 Å². The fourth-order valence-corrected chi connectivity index (χ4v) is 3.49. The molecule has 1 radical (unpaired) electrons. The van der Waals surface area contributed by atoms with Crippen LogP contribution in [0.5, 0.6) is 0 Å². The van der Waals surface area contributed by atoms with Crippen LogP contribution in [-0.4, -0.2) is 0 Å². The second kappa shape index (κ2) is 13.2. The summed E-state index contributed by atoms with van der Waals surface area (Å²) >= 11 is 0. The van der Waals surface area contributed by atoms with Crippen LogP contribution in [0, 0.1) is 11.8 Å². The molecule has 1 nitrogen and oxygen atoms in total. The Kier molecular flexibility index (Phi) is 10.7. The van der Waals surface area contributed by atoms with Crippen LogP contribution in [0.2, 0.25) is 0 Å². The lowest BCUT2D eigenvalue weighted by molar-refractivity contribution is -0.137.